The summed E-state index contributed by atoms with van der Waals surface area (Å²) in [5.74, 6) is -0.258. The van der Waals surface area contributed by atoms with Gasteiger partial charge in [-0.1, -0.05) is 12.1 Å². The summed E-state index contributed by atoms with van der Waals surface area (Å²) in [5, 5.41) is 9.01. The molecule has 2 aromatic heterocycles. The fourth-order valence-electron chi connectivity index (χ4n) is 2.38. The first-order valence-corrected chi connectivity index (χ1v) is 6.99. The van der Waals surface area contributed by atoms with Crippen LogP contribution in [0.1, 0.15) is 6.92 Å². The van der Waals surface area contributed by atoms with E-state index in [0.717, 1.165) is 4.57 Å². The predicted octanol–water partition coefficient (Wildman–Crippen LogP) is -0.0601. The third-order valence-corrected chi connectivity index (χ3v) is 3.42. The Hall–Kier alpha value is -3.23. The normalized spacial score (nSPS) is 10.8. The van der Waals surface area contributed by atoms with Crippen LogP contribution in [-0.4, -0.2) is 30.2 Å². The van der Waals surface area contributed by atoms with Crippen LogP contribution in [0.5, 0.6) is 0 Å². The number of fused-ring (bicyclic) bond motifs is 1. The number of hydrogen-bond donors (Lipinski definition) is 2. The first kappa shape index (κ1) is 14.7. The Morgan fingerprint density at radius 3 is 2.74 bits per heavy atom. The summed E-state index contributed by atoms with van der Waals surface area (Å²) in [6, 6.07) is 6.70. The molecule has 118 valence electrons. The van der Waals surface area contributed by atoms with Gasteiger partial charge in [0.1, 0.15) is 12.9 Å². The lowest BCUT2D eigenvalue weighted by molar-refractivity contribution is -0.116. The maximum Gasteiger partial charge on any atom is 0.331 e. The number of aromatic amines is 1. The number of nitrogens with one attached hydrogen (secondary N) is 2. The van der Waals surface area contributed by atoms with E-state index in [1.807, 2.05) is 0 Å². The second kappa shape index (κ2) is 5.87. The molecule has 0 aliphatic heterocycles. The SMILES string of the molecule is CCn1c(=O)c2ccccc2n(CC(=O)Nc2ncn[nH]2)c1=O. The van der Waals surface area contributed by atoms with E-state index in [4.69, 9.17) is 0 Å². The van der Waals surface area contributed by atoms with E-state index in [2.05, 4.69) is 20.5 Å². The second-order valence-corrected chi connectivity index (χ2v) is 4.82. The number of para-hydroxylation sites is 1. The molecule has 0 fully saturated rings. The van der Waals surface area contributed by atoms with E-state index >= 15 is 0 Å². The first-order chi connectivity index (χ1) is 11.1. The zero-order chi connectivity index (χ0) is 16.4. The minimum absolute atomic E-state index is 0.191. The summed E-state index contributed by atoms with van der Waals surface area (Å²) in [6.45, 7) is 1.70. The van der Waals surface area contributed by atoms with Crippen LogP contribution in [-0.2, 0) is 17.9 Å². The number of carbonyl (C=O) groups is 1. The molecule has 9 heteroatoms. The molecule has 9 nitrogen and oxygen atoms in total. The molecular weight excluding hydrogens is 300 g/mol. The number of H-pyrrole nitrogens is 1. The number of amides is 1. The lowest BCUT2D eigenvalue weighted by Gasteiger charge is -2.12. The van der Waals surface area contributed by atoms with Gasteiger partial charge < -0.3 is 0 Å². The monoisotopic (exact) mass is 314 g/mol. The quantitative estimate of drug-likeness (QED) is 0.700. The molecule has 0 spiro atoms. The minimum atomic E-state index is -0.524. The molecule has 1 amide bonds. The number of nitrogens with zero attached hydrogens (tertiary/aromatic N) is 4. The lowest BCUT2D eigenvalue weighted by atomic mass is 10.2. The van der Waals surface area contributed by atoms with E-state index in [1.54, 1.807) is 31.2 Å². The third-order valence-electron chi connectivity index (χ3n) is 3.42. The van der Waals surface area contributed by atoms with Crippen LogP contribution in [0, 0.1) is 0 Å². The van der Waals surface area contributed by atoms with Gasteiger partial charge in [0.15, 0.2) is 0 Å². The highest BCUT2D eigenvalue weighted by atomic mass is 16.2. The van der Waals surface area contributed by atoms with Gasteiger partial charge in [0.25, 0.3) is 5.56 Å². The van der Waals surface area contributed by atoms with Gasteiger partial charge in [-0.3, -0.25) is 24.0 Å². The van der Waals surface area contributed by atoms with Crippen molar-refractivity contribution in [2.75, 3.05) is 5.32 Å². The van der Waals surface area contributed by atoms with E-state index in [-0.39, 0.29) is 24.6 Å². The van der Waals surface area contributed by atoms with Crippen molar-refractivity contribution in [3.8, 4) is 0 Å². The van der Waals surface area contributed by atoms with Gasteiger partial charge in [-0.15, -0.1) is 0 Å². The van der Waals surface area contributed by atoms with Gasteiger partial charge >= 0.3 is 5.69 Å². The van der Waals surface area contributed by atoms with Crippen LogP contribution < -0.4 is 16.6 Å². The van der Waals surface area contributed by atoms with Crippen LogP contribution >= 0.6 is 0 Å². The minimum Gasteiger partial charge on any atom is -0.293 e. The summed E-state index contributed by atoms with van der Waals surface area (Å²) in [5.41, 5.74) is -0.469. The van der Waals surface area contributed by atoms with Crippen molar-refractivity contribution in [1.82, 2.24) is 24.3 Å². The van der Waals surface area contributed by atoms with Crippen LogP contribution in [0.25, 0.3) is 10.9 Å². The van der Waals surface area contributed by atoms with Crippen LogP contribution in [0.4, 0.5) is 5.95 Å². The van der Waals surface area contributed by atoms with E-state index < -0.39 is 11.6 Å². The molecule has 1 aromatic carbocycles. The third kappa shape index (κ3) is 2.63. The molecule has 2 heterocycles. The van der Waals surface area contributed by atoms with Gasteiger partial charge in [-0.2, -0.15) is 10.1 Å². The Morgan fingerprint density at radius 1 is 1.26 bits per heavy atom. The Bertz CT molecular complexity index is 970. The number of hydrogen-bond acceptors (Lipinski definition) is 5. The number of rotatable bonds is 4. The maximum absolute atomic E-state index is 12.5. The summed E-state index contributed by atoms with van der Waals surface area (Å²) in [4.78, 5) is 40.7. The van der Waals surface area contributed by atoms with Crippen LogP contribution in [0.15, 0.2) is 40.2 Å². The topological polar surface area (TPSA) is 115 Å². The molecule has 0 unspecified atom stereocenters. The average molecular weight is 314 g/mol. The fourth-order valence-corrected chi connectivity index (χ4v) is 2.38. The van der Waals surface area contributed by atoms with Gasteiger partial charge in [0.05, 0.1) is 10.9 Å². The van der Waals surface area contributed by atoms with Crippen molar-refractivity contribution in [2.45, 2.75) is 20.0 Å². The highest BCUT2D eigenvalue weighted by Crippen LogP contribution is 2.07. The average Bonchev–Trinajstić information content (AvgIpc) is 3.05. The Kier molecular flexibility index (Phi) is 3.75. The summed E-state index contributed by atoms with van der Waals surface area (Å²) < 4.78 is 2.37. The van der Waals surface area contributed by atoms with Crippen molar-refractivity contribution in [3.05, 3.63) is 51.4 Å². The van der Waals surface area contributed by atoms with Crippen LogP contribution in [0.2, 0.25) is 0 Å². The fraction of sp³-hybridized carbons (Fsp3) is 0.214. The molecule has 2 N–H and O–H groups in total. The largest absolute Gasteiger partial charge is 0.331 e. The van der Waals surface area contributed by atoms with Gasteiger partial charge in [-0.25, -0.2) is 9.89 Å². The van der Waals surface area contributed by atoms with Crippen LogP contribution in [0.3, 0.4) is 0 Å². The molecule has 0 saturated carbocycles. The van der Waals surface area contributed by atoms with E-state index in [0.29, 0.717) is 10.9 Å². The van der Waals surface area contributed by atoms with Crippen molar-refractivity contribution in [3.63, 3.8) is 0 Å². The van der Waals surface area contributed by atoms with E-state index in [9.17, 15) is 14.4 Å². The first-order valence-electron chi connectivity index (χ1n) is 6.99. The standard InChI is InChI=1S/C14H14N6O3/c1-2-19-12(22)9-5-3-4-6-10(9)20(14(19)23)7-11(21)17-13-15-8-16-18-13/h3-6,8H,2,7H2,1H3,(H2,15,16,17,18,21). The zero-order valence-electron chi connectivity index (χ0n) is 12.3. The number of anilines is 1. The Labute approximate surface area is 129 Å². The molecule has 0 atom stereocenters. The zero-order valence-corrected chi connectivity index (χ0v) is 12.3. The molecular formula is C14H14N6O3. The molecule has 0 aliphatic rings. The molecule has 3 rings (SSSR count). The van der Waals surface area contributed by atoms with Crippen molar-refractivity contribution in [1.29, 1.82) is 0 Å². The molecule has 0 radical (unpaired) electrons. The highest BCUT2D eigenvalue weighted by molar-refractivity contribution is 5.90. The summed E-state index contributed by atoms with van der Waals surface area (Å²) in [7, 11) is 0. The van der Waals surface area contributed by atoms with Crippen molar-refractivity contribution >= 4 is 22.8 Å². The molecule has 23 heavy (non-hydrogen) atoms. The summed E-state index contributed by atoms with van der Waals surface area (Å²) in [6.07, 6.45) is 1.26. The van der Waals surface area contributed by atoms with Gasteiger partial charge in [-0.05, 0) is 19.1 Å². The highest BCUT2D eigenvalue weighted by Gasteiger charge is 2.14. The lowest BCUT2D eigenvalue weighted by Crippen LogP contribution is -2.41. The van der Waals surface area contributed by atoms with Crippen molar-refractivity contribution < 1.29 is 4.79 Å². The Morgan fingerprint density at radius 2 is 2.04 bits per heavy atom. The molecule has 3 aromatic rings. The Balaban J connectivity index is 2.08. The smallest absolute Gasteiger partial charge is 0.293 e. The molecule has 0 bridgehead atoms. The van der Waals surface area contributed by atoms with Gasteiger partial charge in [0.2, 0.25) is 11.9 Å². The van der Waals surface area contributed by atoms with Gasteiger partial charge in [0, 0.05) is 6.54 Å². The van der Waals surface area contributed by atoms with Crippen molar-refractivity contribution in [2.24, 2.45) is 0 Å². The number of carbonyl (C=O) groups excluding carboxylic acids is 1. The maximum atomic E-state index is 12.5. The predicted molar refractivity (Wildman–Crippen MR) is 83.2 cm³/mol. The summed E-state index contributed by atoms with van der Waals surface area (Å²) >= 11 is 0. The number of benzene rings is 1. The molecule has 0 saturated heterocycles. The van der Waals surface area contributed by atoms with E-state index in [1.165, 1.54) is 10.9 Å². The number of aromatic nitrogens is 5. The second-order valence-electron chi connectivity index (χ2n) is 4.82. The molecule has 0 aliphatic carbocycles.